The van der Waals surface area contributed by atoms with Crippen LogP contribution in [-0.4, -0.2) is 21.3 Å². The monoisotopic (exact) mass is 180 g/mol. The molecular weight excluding hydrogens is 168 g/mol. The number of carboxylic acids is 1. The zero-order chi connectivity index (χ0) is 10.1. The topological polar surface area (TPSA) is 63.1 Å². The molecule has 0 saturated heterocycles. The Hall–Kier alpha value is -1.45. The summed E-state index contributed by atoms with van der Waals surface area (Å²) < 4.78 is 0. The van der Waals surface area contributed by atoms with Gasteiger partial charge in [-0.05, 0) is 32.9 Å². The first-order valence-corrected chi connectivity index (χ1v) is 3.99. The van der Waals surface area contributed by atoms with Gasteiger partial charge in [-0.15, -0.1) is 0 Å². The first kappa shape index (κ1) is 9.64. The standard InChI is InChI=1S/C9H12N2O2/c1-6-4-5-7(11-10-6)9(2,3)8(12)13/h4-5H,1-3H3,(H,12,13). The van der Waals surface area contributed by atoms with Gasteiger partial charge in [0.2, 0.25) is 0 Å². The van der Waals surface area contributed by atoms with E-state index in [1.807, 2.05) is 6.92 Å². The maximum absolute atomic E-state index is 10.8. The summed E-state index contributed by atoms with van der Waals surface area (Å²) in [4.78, 5) is 10.8. The van der Waals surface area contributed by atoms with Gasteiger partial charge in [0, 0.05) is 0 Å². The number of aliphatic carboxylic acids is 1. The number of aryl methyl sites for hydroxylation is 1. The van der Waals surface area contributed by atoms with E-state index in [9.17, 15) is 4.79 Å². The molecule has 0 aromatic carbocycles. The summed E-state index contributed by atoms with van der Waals surface area (Å²) in [5.41, 5.74) is 0.288. The van der Waals surface area contributed by atoms with Crippen molar-refractivity contribution in [3.63, 3.8) is 0 Å². The molecule has 1 aromatic heterocycles. The summed E-state index contributed by atoms with van der Waals surface area (Å²) in [7, 11) is 0. The van der Waals surface area contributed by atoms with Crippen molar-refractivity contribution < 1.29 is 9.90 Å². The molecule has 0 aliphatic heterocycles. The highest BCUT2D eigenvalue weighted by Gasteiger charge is 2.31. The number of carbonyl (C=O) groups is 1. The molecule has 0 saturated carbocycles. The van der Waals surface area contributed by atoms with Crippen LogP contribution in [0.25, 0.3) is 0 Å². The number of hydrogen-bond donors (Lipinski definition) is 1. The van der Waals surface area contributed by atoms with Crippen molar-refractivity contribution in [2.75, 3.05) is 0 Å². The molecule has 0 unspecified atom stereocenters. The average Bonchev–Trinajstić information content (AvgIpc) is 2.04. The predicted octanol–water partition coefficient (Wildman–Crippen LogP) is 1.15. The molecule has 4 nitrogen and oxygen atoms in total. The Morgan fingerprint density at radius 3 is 2.38 bits per heavy atom. The third kappa shape index (κ3) is 1.83. The predicted molar refractivity (Wildman–Crippen MR) is 47.4 cm³/mol. The van der Waals surface area contributed by atoms with Crippen molar-refractivity contribution in [2.45, 2.75) is 26.2 Å². The van der Waals surface area contributed by atoms with Gasteiger partial charge in [0.1, 0.15) is 5.41 Å². The van der Waals surface area contributed by atoms with Gasteiger partial charge in [0.05, 0.1) is 11.4 Å². The Balaban J connectivity index is 3.08. The molecule has 0 amide bonds. The molecule has 4 heteroatoms. The van der Waals surface area contributed by atoms with E-state index in [1.54, 1.807) is 26.0 Å². The van der Waals surface area contributed by atoms with Crippen LogP contribution in [0.4, 0.5) is 0 Å². The fourth-order valence-corrected chi connectivity index (χ4v) is 0.842. The van der Waals surface area contributed by atoms with Crippen LogP contribution < -0.4 is 0 Å². The first-order valence-electron chi connectivity index (χ1n) is 3.99. The molecule has 1 rings (SSSR count). The smallest absolute Gasteiger partial charge is 0.315 e. The number of nitrogens with zero attached hydrogens (tertiary/aromatic N) is 2. The number of rotatable bonds is 2. The molecule has 13 heavy (non-hydrogen) atoms. The summed E-state index contributed by atoms with van der Waals surface area (Å²) in [6.45, 7) is 5.02. The van der Waals surface area contributed by atoms with E-state index >= 15 is 0 Å². The van der Waals surface area contributed by atoms with Gasteiger partial charge in [-0.3, -0.25) is 4.79 Å². The van der Waals surface area contributed by atoms with Crippen molar-refractivity contribution in [1.82, 2.24) is 10.2 Å². The average molecular weight is 180 g/mol. The largest absolute Gasteiger partial charge is 0.481 e. The normalized spacial score (nSPS) is 11.3. The van der Waals surface area contributed by atoms with Crippen LogP contribution in [-0.2, 0) is 10.2 Å². The van der Waals surface area contributed by atoms with Crippen LogP contribution >= 0.6 is 0 Å². The molecule has 0 spiro atoms. The maximum Gasteiger partial charge on any atom is 0.315 e. The van der Waals surface area contributed by atoms with Crippen LogP contribution in [0.3, 0.4) is 0 Å². The summed E-state index contributed by atoms with van der Waals surface area (Å²) in [6, 6.07) is 3.45. The Labute approximate surface area is 76.6 Å². The molecule has 0 bridgehead atoms. The van der Waals surface area contributed by atoms with E-state index in [-0.39, 0.29) is 0 Å². The van der Waals surface area contributed by atoms with Crippen LogP contribution in [0.2, 0.25) is 0 Å². The molecule has 0 atom stereocenters. The minimum Gasteiger partial charge on any atom is -0.481 e. The molecule has 0 aliphatic rings. The van der Waals surface area contributed by atoms with Crippen molar-refractivity contribution >= 4 is 5.97 Å². The van der Waals surface area contributed by atoms with Crippen LogP contribution in [0.15, 0.2) is 12.1 Å². The van der Waals surface area contributed by atoms with Crippen molar-refractivity contribution in [3.05, 3.63) is 23.5 Å². The van der Waals surface area contributed by atoms with E-state index in [0.717, 1.165) is 5.69 Å². The number of hydrogen-bond acceptors (Lipinski definition) is 3. The highest BCUT2D eigenvalue weighted by Crippen LogP contribution is 2.20. The van der Waals surface area contributed by atoms with Crippen LogP contribution in [0.1, 0.15) is 25.2 Å². The van der Waals surface area contributed by atoms with Gasteiger partial charge in [-0.25, -0.2) is 0 Å². The third-order valence-corrected chi connectivity index (χ3v) is 1.97. The van der Waals surface area contributed by atoms with Gasteiger partial charge in [0.15, 0.2) is 0 Å². The van der Waals surface area contributed by atoms with E-state index in [2.05, 4.69) is 10.2 Å². The van der Waals surface area contributed by atoms with Gasteiger partial charge >= 0.3 is 5.97 Å². The Morgan fingerprint density at radius 1 is 1.38 bits per heavy atom. The molecule has 0 fully saturated rings. The molecule has 1 heterocycles. The lowest BCUT2D eigenvalue weighted by molar-refractivity contribution is -0.142. The summed E-state index contributed by atoms with van der Waals surface area (Å²) in [5, 5.41) is 16.6. The quantitative estimate of drug-likeness (QED) is 0.741. The van der Waals surface area contributed by atoms with Crippen molar-refractivity contribution in [2.24, 2.45) is 0 Å². The lowest BCUT2D eigenvalue weighted by Crippen LogP contribution is -2.29. The van der Waals surface area contributed by atoms with E-state index in [1.165, 1.54) is 0 Å². The van der Waals surface area contributed by atoms with Crippen molar-refractivity contribution in [3.8, 4) is 0 Å². The second-order valence-corrected chi connectivity index (χ2v) is 3.49. The number of carboxylic acid groups (broad SMARTS) is 1. The highest BCUT2D eigenvalue weighted by atomic mass is 16.4. The van der Waals surface area contributed by atoms with Gasteiger partial charge in [-0.2, -0.15) is 10.2 Å². The van der Waals surface area contributed by atoms with Crippen LogP contribution in [0.5, 0.6) is 0 Å². The SMILES string of the molecule is Cc1ccc(C(C)(C)C(=O)O)nn1. The summed E-state index contributed by atoms with van der Waals surface area (Å²) >= 11 is 0. The van der Waals surface area contributed by atoms with Gasteiger partial charge in [-0.1, -0.05) is 0 Å². The first-order chi connectivity index (χ1) is 5.94. The molecular formula is C9H12N2O2. The van der Waals surface area contributed by atoms with Gasteiger partial charge in [0.25, 0.3) is 0 Å². The Morgan fingerprint density at radius 2 is 2.00 bits per heavy atom. The molecule has 1 N–H and O–H groups in total. The minimum atomic E-state index is -0.972. The summed E-state index contributed by atoms with van der Waals surface area (Å²) in [5.74, 6) is -0.898. The molecule has 70 valence electrons. The van der Waals surface area contributed by atoms with Crippen molar-refractivity contribution in [1.29, 1.82) is 0 Å². The molecule has 1 aromatic rings. The van der Waals surface area contributed by atoms with Gasteiger partial charge < -0.3 is 5.11 Å². The molecule has 0 aliphatic carbocycles. The van der Waals surface area contributed by atoms with E-state index in [0.29, 0.717) is 5.69 Å². The molecule has 0 radical (unpaired) electrons. The Kier molecular flexibility index (Phi) is 2.32. The van der Waals surface area contributed by atoms with Crippen LogP contribution in [0, 0.1) is 6.92 Å². The zero-order valence-electron chi connectivity index (χ0n) is 7.90. The zero-order valence-corrected chi connectivity index (χ0v) is 7.90. The van der Waals surface area contributed by atoms with E-state index < -0.39 is 11.4 Å². The summed E-state index contributed by atoms with van der Waals surface area (Å²) in [6.07, 6.45) is 0. The third-order valence-electron chi connectivity index (χ3n) is 1.97. The second-order valence-electron chi connectivity index (χ2n) is 3.49. The highest BCUT2D eigenvalue weighted by molar-refractivity contribution is 5.79. The second kappa shape index (κ2) is 3.12. The van der Waals surface area contributed by atoms with E-state index in [4.69, 9.17) is 5.11 Å². The fraction of sp³-hybridized carbons (Fsp3) is 0.444. The lowest BCUT2D eigenvalue weighted by atomic mass is 9.89. The maximum atomic E-state index is 10.8. The Bertz CT molecular complexity index is 317. The number of aromatic nitrogens is 2. The minimum absolute atomic E-state index is 0.477. The lowest BCUT2D eigenvalue weighted by Gasteiger charge is -2.17. The fourth-order valence-electron chi connectivity index (χ4n) is 0.842.